The molecule has 1 N–H and O–H groups in total. The first-order valence-corrected chi connectivity index (χ1v) is 8.13. The highest BCUT2D eigenvalue weighted by Gasteiger charge is 2.24. The lowest BCUT2D eigenvalue weighted by atomic mass is 10.0. The molecule has 0 spiro atoms. The Bertz CT molecular complexity index is 574. The van der Waals surface area contributed by atoms with E-state index in [-0.39, 0.29) is 5.56 Å². The summed E-state index contributed by atoms with van der Waals surface area (Å²) >= 11 is 4.63. The van der Waals surface area contributed by atoms with Gasteiger partial charge in [-0.15, -0.1) is 11.3 Å². The van der Waals surface area contributed by atoms with E-state index in [9.17, 15) is 8.78 Å². The molecular formula is C15H16BrF2NS. The quantitative estimate of drug-likeness (QED) is 0.774. The van der Waals surface area contributed by atoms with Crippen molar-refractivity contribution in [3.63, 3.8) is 0 Å². The first-order chi connectivity index (χ1) is 9.54. The smallest absolute Gasteiger partial charge is 0.132 e. The van der Waals surface area contributed by atoms with Crippen LogP contribution in [0.3, 0.4) is 0 Å². The van der Waals surface area contributed by atoms with E-state index >= 15 is 0 Å². The second-order valence-corrected chi connectivity index (χ2v) is 6.50. The average molecular weight is 360 g/mol. The molecule has 1 aromatic heterocycles. The van der Waals surface area contributed by atoms with Crippen LogP contribution in [-0.4, -0.2) is 6.54 Å². The van der Waals surface area contributed by atoms with Gasteiger partial charge in [0.2, 0.25) is 0 Å². The molecule has 0 radical (unpaired) electrons. The van der Waals surface area contributed by atoms with Gasteiger partial charge < -0.3 is 5.32 Å². The van der Waals surface area contributed by atoms with Crippen molar-refractivity contribution in [1.29, 1.82) is 0 Å². The first kappa shape index (κ1) is 15.6. The molecule has 1 atom stereocenters. The van der Waals surface area contributed by atoms with Gasteiger partial charge in [0.15, 0.2) is 0 Å². The standard InChI is InChI=1S/C15H16BrF2NS/c1-3-5-19-14(15-9(2)4-6-20-15)13-11(17)7-10(16)8-12(13)18/h4,6-8,14,19H,3,5H2,1-2H3. The molecular weight excluding hydrogens is 344 g/mol. The molecule has 0 saturated heterocycles. The van der Waals surface area contributed by atoms with Crippen molar-refractivity contribution >= 4 is 27.3 Å². The number of nitrogens with one attached hydrogen (secondary N) is 1. The summed E-state index contributed by atoms with van der Waals surface area (Å²) in [5.41, 5.74) is 1.14. The Morgan fingerprint density at radius 3 is 2.45 bits per heavy atom. The van der Waals surface area contributed by atoms with E-state index in [0.717, 1.165) is 16.9 Å². The molecule has 2 aromatic rings. The predicted octanol–water partition coefficient (Wildman–Crippen LogP) is 5.19. The zero-order valence-corrected chi connectivity index (χ0v) is 13.7. The Morgan fingerprint density at radius 1 is 1.30 bits per heavy atom. The van der Waals surface area contributed by atoms with Gasteiger partial charge in [0.05, 0.1) is 6.04 Å². The largest absolute Gasteiger partial charge is 0.305 e. The monoisotopic (exact) mass is 359 g/mol. The van der Waals surface area contributed by atoms with Crippen LogP contribution in [0.2, 0.25) is 0 Å². The fourth-order valence-corrected chi connectivity index (χ4v) is 3.54. The van der Waals surface area contributed by atoms with Crippen LogP contribution >= 0.6 is 27.3 Å². The lowest BCUT2D eigenvalue weighted by Crippen LogP contribution is -2.25. The van der Waals surface area contributed by atoms with Gasteiger partial charge in [-0.1, -0.05) is 22.9 Å². The summed E-state index contributed by atoms with van der Waals surface area (Å²) in [7, 11) is 0. The van der Waals surface area contributed by atoms with Gasteiger partial charge in [0.1, 0.15) is 11.6 Å². The minimum atomic E-state index is -0.529. The number of aryl methyl sites for hydroxylation is 1. The molecule has 5 heteroatoms. The third-order valence-electron chi connectivity index (χ3n) is 3.09. The summed E-state index contributed by atoms with van der Waals surface area (Å²) in [6, 6.07) is 4.14. The topological polar surface area (TPSA) is 12.0 Å². The average Bonchev–Trinajstić information content (AvgIpc) is 2.78. The van der Waals surface area contributed by atoms with E-state index in [2.05, 4.69) is 21.2 Å². The highest BCUT2D eigenvalue weighted by molar-refractivity contribution is 9.10. The summed E-state index contributed by atoms with van der Waals surface area (Å²) in [4.78, 5) is 0.957. The second kappa shape index (κ2) is 6.78. The summed E-state index contributed by atoms with van der Waals surface area (Å²) in [5.74, 6) is -1.06. The maximum Gasteiger partial charge on any atom is 0.132 e. The van der Waals surface area contributed by atoms with Gasteiger partial charge >= 0.3 is 0 Å². The van der Waals surface area contributed by atoms with Crippen molar-refractivity contribution in [1.82, 2.24) is 5.32 Å². The van der Waals surface area contributed by atoms with E-state index in [1.54, 1.807) is 0 Å². The van der Waals surface area contributed by atoms with Gasteiger partial charge in [-0.2, -0.15) is 0 Å². The van der Waals surface area contributed by atoms with Crippen molar-refractivity contribution < 1.29 is 8.78 Å². The Hall–Kier alpha value is -0.780. The molecule has 0 aliphatic carbocycles. The number of benzene rings is 1. The number of halogens is 3. The lowest BCUT2D eigenvalue weighted by molar-refractivity contribution is 0.504. The van der Waals surface area contributed by atoms with Crippen LogP contribution in [0.4, 0.5) is 8.78 Å². The molecule has 0 amide bonds. The zero-order valence-electron chi connectivity index (χ0n) is 11.3. The molecule has 108 valence electrons. The van der Waals surface area contributed by atoms with Crippen LogP contribution in [0.5, 0.6) is 0 Å². The number of hydrogen-bond acceptors (Lipinski definition) is 2. The maximum absolute atomic E-state index is 14.2. The van der Waals surface area contributed by atoms with E-state index < -0.39 is 17.7 Å². The lowest BCUT2D eigenvalue weighted by Gasteiger charge is -2.20. The van der Waals surface area contributed by atoms with Gasteiger partial charge in [0, 0.05) is 14.9 Å². The molecule has 2 rings (SSSR count). The molecule has 0 aliphatic heterocycles. The number of thiophene rings is 1. The highest BCUT2D eigenvalue weighted by atomic mass is 79.9. The van der Waals surface area contributed by atoms with Crippen molar-refractivity contribution in [2.75, 3.05) is 6.54 Å². The summed E-state index contributed by atoms with van der Waals surface area (Å²) < 4.78 is 28.8. The van der Waals surface area contributed by atoms with Crippen LogP contribution in [-0.2, 0) is 0 Å². The first-order valence-electron chi connectivity index (χ1n) is 6.46. The molecule has 1 aromatic carbocycles. The Morgan fingerprint density at radius 2 is 1.95 bits per heavy atom. The van der Waals surface area contributed by atoms with E-state index in [0.29, 0.717) is 11.0 Å². The Labute approximate surface area is 130 Å². The zero-order chi connectivity index (χ0) is 14.7. The van der Waals surface area contributed by atoms with E-state index in [1.807, 2.05) is 25.3 Å². The van der Waals surface area contributed by atoms with Gasteiger partial charge in [-0.3, -0.25) is 0 Å². The summed E-state index contributed by atoms with van der Waals surface area (Å²) in [6.07, 6.45) is 0.903. The van der Waals surface area contributed by atoms with Crippen LogP contribution in [0, 0.1) is 18.6 Å². The van der Waals surface area contributed by atoms with E-state index in [4.69, 9.17) is 0 Å². The molecule has 1 heterocycles. The fraction of sp³-hybridized carbons (Fsp3) is 0.333. The number of hydrogen-bond donors (Lipinski definition) is 1. The Kier molecular flexibility index (Phi) is 5.29. The van der Waals surface area contributed by atoms with Crippen LogP contribution in [0.1, 0.15) is 35.4 Å². The van der Waals surface area contributed by atoms with Gasteiger partial charge in [0.25, 0.3) is 0 Å². The maximum atomic E-state index is 14.2. The Balaban J connectivity index is 2.50. The molecule has 0 bridgehead atoms. The molecule has 0 saturated carbocycles. The third kappa shape index (κ3) is 3.27. The second-order valence-electron chi connectivity index (χ2n) is 4.64. The predicted molar refractivity (Wildman–Crippen MR) is 83.3 cm³/mol. The van der Waals surface area contributed by atoms with Gasteiger partial charge in [-0.25, -0.2) is 8.78 Å². The SMILES string of the molecule is CCCNC(c1sccc1C)c1c(F)cc(Br)cc1F. The fourth-order valence-electron chi connectivity index (χ4n) is 2.12. The van der Waals surface area contributed by atoms with Crippen LogP contribution < -0.4 is 5.32 Å². The van der Waals surface area contributed by atoms with E-state index in [1.165, 1.54) is 23.5 Å². The minimum Gasteiger partial charge on any atom is -0.305 e. The molecule has 1 nitrogen and oxygen atoms in total. The van der Waals surface area contributed by atoms with Crippen molar-refractivity contribution in [3.8, 4) is 0 Å². The molecule has 0 fully saturated rings. The van der Waals surface area contributed by atoms with Gasteiger partial charge in [-0.05, 0) is 49.0 Å². The molecule has 20 heavy (non-hydrogen) atoms. The highest BCUT2D eigenvalue weighted by Crippen LogP contribution is 2.33. The minimum absolute atomic E-state index is 0.0900. The summed E-state index contributed by atoms with van der Waals surface area (Å²) in [6.45, 7) is 4.69. The van der Waals surface area contributed by atoms with Crippen molar-refractivity contribution in [3.05, 3.63) is 55.7 Å². The number of rotatable bonds is 5. The van der Waals surface area contributed by atoms with Crippen molar-refractivity contribution in [2.45, 2.75) is 26.3 Å². The molecule has 0 aliphatic rings. The molecule has 1 unspecified atom stereocenters. The van der Waals surface area contributed by atoms with Crippen LogP contribution in [0.15, 0.2) is 28.1 Å². The van der Waals surface area contributed by atoms with Crippen molar-refractivity contribution in [2.24, 2.45) is 0 Å². The third-order valence-corrected chi connectivity index (χ3v) is 4.64. The summed E-state index contributed by atoms with van der Waals surface area (Å²) in [5, 5.41) is 5.19. The normalized spacial score (nSPS) is 12.7. The van der Waals surface area contributed by atoms with Crippen LogP contribution in [0.25, 0.3) is 0 Å².